The van der Waals surface area contributed by atoms with Crippen LogP contribution >= 0.6 is 11.6 Å². The van der Waals surface area contributed by atoms with Gasteiger partial charge in [-0.05, 0) is 18.3 Å². The number of alkyl halides is 1. The lowest BCUT2D eigenvalue weighted by molar-refractivity contribution is 0.446. The van der Waals surface area contributed by atoms with Gasteiger partial charge >= 0.3 is 0 Å². The summed E-state index contributed by atoms with van der Waals surface area (Å²) in [7, 11) is 0. The molecule has 0 aliphatic heterocycles. The molecule has 1 atom stereocenters. The first-order valence-corrected chi connectivity index (χ1v) is 5.52. The zero-order chi connectivity index (χ0) is 10.7. The lowest BCUT2D eigenvalue weighted by Gasteiger charge is -2.07. The molecule has 0 unspecified atom stereocenters. The Morgan fingerprint density at radius 2 is 2.00 bits per heavy atom. The van der Waals surface area contributed by atoms with Crippen LogP contribution < -0.4 is 0 Å². The zero-order valence-corrected chi connectivity index (χ0v) is 10.0. The van der Waals surface area contributed by atoms with Gasteiger partial charge in [-0.25, -0.2) is 4.98 Å². The summed E-state index contributed by atoms with van der Waals surface area (Å²) in [4.78, 5) is 4.37. The summed E-state index contributed by atoms with van der Waals surface area (Å²) in [5.41, 5.74) is 1.00. The first-order valence-electron chi connectivity index (χ1n) is 5.09. The summed E-state index contributed by atoms with van der Waals surface area (Å²) in [5.74, 6) is 1.60. The van der Waals surface area contributed by atoms with Crippen molar-refractivity contribution < 1.29 is 4.42 Å². The summed E-state index contributed by atoms with van der Waals surface area (Å²) in [6, 6.07) is 0. The van der Waals surface area contributed by atoms with Gasteiger partial charge in [-0.15, -0.1) is 11.6 Å². The Balaban J connectivity index is 2.67. The van der Waals surface area contributed by atoms with Crippen LogP contribution in [0.4, 0.5) is 0 Å². The Hall–Kier alpha value is -0.500. The molecule has 2 nitrogen and oxygen atoms in total. The third-order valence-corrected chi connectivity index (χ3v) is 2.70. The molecule has 1 aromatic heterocycles. The zero-order valence-electron chi connectivity index (χ0n) is 9.25. The molecule has 1 heterocycles. The fourth-order valence-corrected chi connectivity index (χ4v) is 1.35. The maximum absolute atomic E-state index is 6.13. The van der Waals surface area contributed by atoms with Gasteiger partial charge in [-0.2, -0.15) is 0 Å². The highest BCUT2D eigenvalue weighted by atomic mass is 35.5. The first-order chi connectivity index (χ1) is 6.50. The molecule has 0 aliphatic rings. The number of oxazole rings is 1. The van der Waals surface area contributed by atoms with Crippen LogP contribution in [0.2, 0.25) is 0 Å². The second-order valence-corrected chi connectivity index (χ2v) is 4.89. The number of halogens is 1. The summed E-state index contributed by atoms with van der Waals surface area (Å²) >= 11 is 6.13. The lowest BCUT2D eigenvalue weighted by atomic mass is 10.1. The molecular weight excluding hydrogens is 198 g/mol. The van der Waals surface area contributed by atoms with Crippen LogP contribution in [-0.2, 0) is 6.42 Å². The predicted octanol–water partition coefficient (Wildman–Crippen LogP) is 3.81. The van der Waals surface area contributed by atoms with E-state index in [1.54, 1.807) is 6.26 Å². The standard InChI is InChI=1S/C11H18ClNO/c1-7(2)5-9-6-14-11(13-9)10(12)8(3)4/h6-8,10H,5H2,1-4H3/t10-/m0/s1. The summed E-state index contributed by atoms with van der Waals surface area (Å²) < 4.78 is 5.35. The van der Waals surface area contributed by atoms with Gasteiger partial charge in [0, 0.05) is 0 Å². The van der Waals surface area contributed by atoms with E-state index in [0.29, 0.717) is 17.7 Å². The SMILES string of the molecule is CC(C)Cc1coc([C@@H](Cl)C(C)C)n1. The van der Waals surface area contributed by atoms with Crippen LogP contribution in [0.15, 0.2) is 10.7 Å². The molecule has 0 aromatic carbocycles. The molecule has 0 bridgehead atoms. The van der Waals surface area contributed by atoms with E-state index in [-0.39, 0.29) is 5.38 Å². The first kappa shape index (κ1) is 11.6. The number of hydrogen-bond donors (Lipinski definition) is 0. The molecule has 0 saturated heterocycles. The number of nitrogens with zero attached hydrogens (tertiary/aromatic N) is 1. The van der Waals surface area contributed by atoms with Crippen molar-refractivity contribution in [2.24, 2.45) is 11.8 Å². The lowest BCUT2D eigenvalue weighted by Crippen LogP contribution is -2.00. The van der Waals surface area contributed by atoms with Crippen molar-refractivity contribution in [1.82, 2.24) is 4.98 Å². The summed E-state index contributed by atoms with van der Waals surface area (Å²) in [5, 5.41) is -0.115. The van der Waals surface area contributed by atoms with Crippen LogP contribution in [0.1, 0.15) is 44.7 Å². The van der Waals surface area contributed by atoms with Crippen molar-refractivity contribution in [3.05, 3.63) is 17.8 Å². The average Bonchev–Trinajstić information content (AvgIpc) is 2.50. The largest absolute Gasteiger partial charge is 0.447 e. The van der Waals surface area contributed by atoms with Crippen LogP contribution in [0.25, 0.3) is 0 Å². The van der Waals surface area contributed by atoms with Gasteiger partial charge in [0.15, 0.2) is 0 Å². The third-order valence-electron chi connectivity index (χ3n) is 2.01. The predicted molar refractivity (Wildman–Crippen MR) is 58.5 cm³/mol. The highest BCUT2D eigenvalue weighted by molar-refractivity contribution is 6.20. The average molecular weight is 216 g/mol. The van der Waals surface area contributed by atoms with E-state index in [9.17, 15) is 0 Å². The van der Waals surface area contributed by atoms with E-state index in [2.05, 4.69) is 32.7 Å². The molecular formula is C11H18ClNO. The molecule has 0 spiro atoms. The minimum absolute atomic E-state index is 0.115. The van der Waals surface area contributed by atoms with Crippen molar-refractivity contribution >= 4 is 11.6 Å². The Labute approximate surface area is 90.7 Å². The van der Waals surface area contributed by atoms with Gasteiger partial charge < -0.3 is 4.42 Å². The maximum Gasteiger partial charge on any atom is 0.212 e. The number of aromatic nitrogens is 1. The molecule has 80 valence electrons. The van der Waals surface area contributed by atoms with Gasteiger partial charge in [0.05, 0.1) is 5.69 Å². The van der Waals surface area contributed by atoms with Gasteiger partial charge in [-0.3, -0.25) is 0 Å². The highest BCUT2D eigenvalue weighted by Gasteiger charge is 2.18. The highest BCUT2D eigenvalue weighted by Crippen LogP contribution is 2.27. The molecule has 14 heavy (non-hydrogen) atoms. The fraction of sp³-hybridized carbons (Fsp3) is 0.727. The topological polar surface area (TPSA) is 26.0 Å². The van der Waals surface area contributed by atoms with E-state index in [0.717, 1.165) is 12.1 Å². The van der Waals surface area contributed by atoms with Gasteiger partial charge in [0.25, 0.3) is 0 Å². The molecule has 0 N–H and O–H groups in total. The smallest absolute Gasteiger partial charge is 0.212 e. The second kappa shape index (κ2) is 4.83. The molecule has 1 aromatic rings. The van der Waals surface area contributed by atoms with Crippen LogP contribution in [0, 0.1) is 11.8 Å². The van der Waals surface area contributed by atoms with Crippen molar-refractivity contribution in [2.45, 2.75) is 39.5 Å². The summed E-state index contributed by atoms with van der Waals surface area (Å²) in [6.45, 7) is 8.44. The monoisotopic (exact) mass is 215 g/mol. The van der Waals surface area contributed by atoms with Gasteiger partial charge in [0.1, 0.15) is 11.6 Å². The van der Waals surface area contributed by atoms with Crippen molar-refractivity contribution in [3.8, 4) is 0 Å². The van der Waals surface area contributed by atoms with Crippen LogP contribution in [0.5, 0.6) is 0 Å². The Bertz CT molecular complexity index is 281. The van der Waals surface area contributed by atoms with Crippen LogP contribution in [-0.4, -0.2) is 4.98 Å². The minimum atomic E-state index is -0.115. The quantitative estimate of drug-likeness (QED) is 0.714. The van der Waals surface area contributed by atoms with Crippen LogP contribution in [0.3, 0.4) is 0 Å². The molecule has 0 radical (unpaired) electrons. The molecule has 0 aliphatic carbocycles. The molecule has 0 fully saturated rings. The van der Waals surface area contributed by atoms with Crippen molar-refractivity contribution in [3.63, 3.8) is 0 Å². The van der Waals surface area contributed by atoms with Gasteiger partial charge in [0.2, 0.25) is 5.89 Å². The maximum atomic E-state index is 6.13. The van der Waals surface area contributed by atoms with E-state index >= 15 is 0 Å². The van der Waals surface area contributed by atoms with E-state index in [4.69, 9.17) is 16.0 Å². The molecule has 3 heteroatoms. The van der Waals surface area contributed by atoms with E-state index < -0.39 is 0 Å². The van der Waals surface area contributed by atoms with Crippen molar-refractivity contribution in [2.75, 3.05) is 0 Å². The Morgan fingerprint density at radius 3 is 2.50 bits per heavy atom. The minimum Gasteiger partial charge on any atom is -0.447 e. The fourth-order valence-electron chi connectivity index (χ4n) is 1.25. The number of rotatable bonds is 4. The Morgan fingerprint density at radius 1 is 1.36 bits per heavy atom. The second-order valence-electron chi connectivity index (χ2n) is 4.42. The normalized spacial score (nSPS) is 13.9. The van der Waals surface area contributed by atoms with E-state index in [1.165, 1.54) is 0 Å². The molecule has 1 rings (SSSR count). The Kier molecular flexibility index (Phi) is 3.99. The van der Waals surface area contributed by atoms with Gasteiger partial charge in [-0.1, -0.05) is 27.7 Å². The van der Waals surface area contributed by atoms with Crippen molar-refractivity contribution in [1.29, 1.82) is 0 Å². The third kappa shape index (κ3) is 3.02. The summed E-state index contributed by atoms with van der Waals surface area (Å²) in [6.07, 6.45) is 2.66. The molecule has 0 amide bonds. The molecule has 0 saturated carbocycles. The number of hydrogen-bond acceptors (Lipinski definition) is 2. The van der Waals surface area contributed by atoms with E-state index in [1.807, 2.05) is 0 Å².